The Morgan fingerprint density at radius 2 is 1.89 bits per heavy atom. The van der Waals surface area contributed by atoms with Gasteiger partial charge in [0.2, 0.25) is 0 Å². The Morgan fingerprint density at radius 1 is 1.67 bits per heavy atom. The highest BCUT2D eigenvalue weighted by Crippen LogP contribution is 1.68. The Morgan fingerprint density at radius 3 is 1.89 bits per heavy atom. The molecule has 0 radical (unpaired) electrons. The summed E-state index contributed by atoms with van der Waals surface area (Å²) >= 11 is 0. The number of carbonyl (C=O) groups is 1. The Kier molecular flexibility index (Phi) is 13.4. The van der Waals surface area contributed by atoms with Gasteiger partial charge in [0.15, 0.2) is 0 Å². The minimum atomic E-state index is -0.560. The molecule has 0 aromatic rings. The Balaban J connectivity index is 0. The van der Waals surface area contributed by atoms with E-state index in [1.54, 1.807) is 0 Å². The second-order valence-electron chi connectivity index (χ2n) is 1.61. The summed E-state index contributed by atoms with van der Waals surface area (Å²) in [5.74, 6) is 0. The van der Waals surface area contributed by atoms with E-state index in [1.807, 2.05) is 6.92 Å². The average molecular weight is 134 g/mol. The summed E-state index contributed by atoms with van der Waals surface area (Å²) in [6, 6.07) is 0. The molecule has 0 spiro atoms. The number of hydrogen-bond donors (Lipinski definition) is 2. The maximum absolute atomic E-state index is 9.17. The van der Waals surface area contributed by atoms with E-state index < -0.39 is 6.10 Å². The number of carbonyl (C=O) groups excluding carboxylic acids is 1. The molecule has 56 valence electrons. The van der Waals surface area contributed by atoms with Crippen molar-refractivity contribution in [2.45, 2.75) is 26.4 Å². The van der Waals surface area contributed by atoms with E-state index >= 15 is 0 Å². The van der Waals surface area contributed by atoms with Gasteiger partial charge in [-0.2, -0.15) is 0 Å². The van der Waals surface area contributed by atoms with Crippen molar-refractivity contribution >= 4 is 6.29 Å². The van der Waals surface area contributed by atoms with Crippen molar-refractivity contribution in [2.24, 2.45) is 0 Å². The molecular weight excluding hydrogens is 120 g/mol. The fourth-order valence-corrected chi connectivity index (χ4v) is 0. The van der Waals surface area contributed by atoms with Crippen LogP contribution >= 0.6 is 0 Å². The van der Waals surface area contributed by atoms with Gasteiger partial charge in [0.05, 0.1) is 12.7 Å². The van der Waals surface area contributed by atoms with E-state index in [0.717, 1.165) is 6.29 Å². The van der Waals surface area contributed by atoms with Gasteiger partial charge >= 0.3 is 0 Å². The summed E-state index contributed by atoms with van der Waals surface area (Å²) in [4.78, 5) is 9.17. The van der Waals surface area contributed by atoms with E-state index in [9.17, 15) is 4.79 Å². The smallest absolute Gasteiger partial charge is 0.119 e. The first-order chi connectivity index (χ1) is 4.18. The van der Waals surface area contributed by atoms with E-state index in [0.29, 0.717) is 6.42 Å². The molecule has 0 aliphatic heterocycles. The van der Waals surface area contributed by atoms with Crippen LogP contribution in [0.15, 0.2) is 0 Å². The van der Waals surface area contributed by atoms with Gasteiger partial charge in [-0.05, 0) is 6.92 Å². The zero-order valence-corrected chi connectivity index (χ0v) is 5.87. The zero-order valence-electron chi connectivity index (χ0n) is 5.87. The first-order valence-corrected chi connectivity index (χ1v) is 2.91. The third-order valence-corrected chi connectivity index (χ3v) is 0.431. The van der Waals surface area contributed by atoms with Crippen LogP contribution in [-0.4, -0.2) is 29.2 Å². The second kappa shape index (κ2) is 10.5. The van der Waals surface area contributed by atoms with Gasteiger partial charge in [-0.3, -0.25) is 0 Å². The highest BCUT2D eigenvalue weighted by molar-refractivity contribution is 5.48. The molecule has 0 aromatic carbocycles. The molecule has 3 nitrogen and oxygen atoms in total. The molecule has 1 atom stereocenters. The second-order valence-corrected chi connectivity index (χ2v) is 1.61. The predicted octanol–water partition coefficient (Wildman–Crippen LogP) is -0.0452. The lowest BCUT2D eigenvalue weighted by atomic mass is 10.5. The third-order valence-electron chi connectivity index (χ3n) is 0.431. The van der Waals surface area contributed by atoms with Crippen LogP contribution in [0.1, 0.15) is 20.3 Å². The quantitative estimate of drug-likeness (QED) is 0.521. The van der Waals surface area contributed by atoms with Crippen LogP contribution in [0.3, 0.4) is 0 Å². The summed E-state index contributed by atoms with van der Waals surface area (Å²) in [7, 11) is 0. The average Bonchev–Trinajstić information content (AvgIpc) is 1.89. The summed E-state index contributed by atoms with van der Waals surface area (Å²) in [6.07, 6.45) is 0.954. The van der Waals surface area contributed by atoms with E-state index in [2.05, 4.69) is 0 Å². The monoisotopic (exact) mass is 134 g/mol. The number of hydrogen-bond acceptors (Lipinski definition) is 3. The molecule has 0 aromatic heterocycles. The van der Waals surface area contributed by atoms with Gasteiger partial charge in [0.25, 0.3) is 0 Å². The van der Waals surface area contributed by atoms with Gasteiger partial charge in [-0.25, -0.2) is 0 Å². The molecule has 3 heteroatoms. The van der Waals surface area contributed by atoms with Crippen molar-refractivity contribution in [1.82, 2.24) is 0 Å². The van der Waals surface area contributed by atoms with Crippen molar-refractivity contribution in [3.63, 3.8) is 0 Å². The fraction of sp³-hybridized carbons (Fsp3) is 0.833. The van der Waals surface area contributed by atoms with Crippen LogP contribution in [0.25, 0.3) is 0 Å². The molecule has 0 fully saturated rings. The standard InChI is InChI=1S/C3H8O2.C3H6O/c1-3(5)2-4;1-2-3-4/h3-5H,2H2,1H3;3H,2H2,1H3. The normalized spacial score (nSPS) is 11.1. The minimum Gasteiger partial charge on any atom is -0.394 e. The van der Waals surface area contributed by atoms with Gasteiger partial charge in [0, 0.05) is 6.42 Å². The molecule has 0 bridgehead atoms. The SMILES string of the molecule is CC(O)CO.CCC=O. The maximum atomic E-state index is 9.17. The van der Waals surface area contributed by atoms with Crippen molar-refractivity contribution in [3.05, 3.63) is 0 Å². The van der Waals surface area contributed by atoms with Crippen LogP contribution in [0.5, 0.6) is 0 Å². The van der Waals surface area contributed by atoms with Crippen molar-refractivity contribution in [1.29, 1.82) is 0 Å². The van der Waals surface area contributed by atoms with E-state index in [-0.39, 0.29) is 6.61 Å². The maximum Gasteiger partial charge on any atom is 0.119 e. The summed E-state index contributed by atoms with van der Waals surface area (Å²) in [5.41, 5.74) is 0. The van der Waals surface area contributed by atoms with Crippen molar-refractivity contribution in [2.75, 3.05) is 6.61 Å². The predicted molar refractivity (Wildman–Crippen MR) is 35.1 cm³/mol. The fourth-order valence-electron chi connectivity index (χ4n) is 0. The topological polar surface area (TPSA) is 57.5 Å². The van der Waals surface area contributed by atoms with E-state index in [1.165, 1.54) is 6.92 Å². The summed E-state index contributed by atoms with van der Waals surface area (Å²) in [6.45, 7) is 3.20. The molecule has 9 heavy (non-hydrogen) atoms. The van der Waals surface area contributed by atoms with Crippen LogP contribution in [0.2, 0.25) is 0 Å². The first kappa shape index (κ1) is 11.4. The highest BCUT2D eigenvalue weighted by atomic mass is 16.3. The number of aliphatic hydroxyl groups is 2. The lowest BCUT2D eigenvalue weighted by Crippen LogP contribution is -2.03. The molecule has 1 unspecified atom stereocenters. The third kappa shape index (κ3) is 35.4. The molecule has 0 amide bonds. The Labute approximate surface area is 55.3 Å². The zero-order chi connectivity index (χ0) is 7.70. The number of aliphatic hydroxyl groups excluding tert-OH is 2. The molecule has 0 aliphatic carbocycles. The van der Waals surface area contributed by atoms with Gasteiger partial charge in [-0.1, -0.05) is 6.92 Å². The molecular formula is C6H14O3. The summed E-state index contributed by atoms with van der Waals surface area (Å²) in [5, 5.41) is 16.0. The van der Waals surface area contributed by atoms with Gasteiger partial charge in [0.1, 0.15) is 6.29 Å². The molecule has 0 saturated carbocycles. The highest BCUT2D eigenvalue weighted by Gasteiger charge is 1.83. The number of rotatable bonds is 2. The van der Waals surface area contributed by atoms with Gasteiger partial charge in [-0.15, -0.1) is 0 Å². The Hall–Kier alpha value is -0.410. The van der Waals surface area contributed by atoms with Crippen molar-refractivity contribution < 1.29 is 15.0 Å². The van der Waals surface area contributed by atoms with E-state index in [4.69, 9.17) is 10.2 Å². The number of aldehydes is 1. The Bertz CT molecular complexity index is 52.3. The molecule has 0 heterocycles. The lowest BCUT2D eigenvalue weighted by Gasteiger charge is -1.90. The molecule has 2 N–H and O–H groups in total. The van der Waals surface area contributed by atoms with Crippen LogP contribution in [0.4, 0.5) is 0 Å². The molecule has 0 rings (SSSR count). The van der Waals surface area contributed by atoms with Crippen LogP contribution in [0, 0.1) is 0 Å². The van der Waals surface area contributed by atoms with Crippen LogP contribution in [-0.2, 0) is 4.79 Å². The molecule has 0 saturated heterocycles. The minimum absolute atomic E-state index is 0.139. The summed E-state index contributed by atoms with van der Waals surface area (Å²) < 4.78 is 0. The van der Waals surface area contributed by atoms with Crippen LogP contribution < -0.4 is 0 Å². The molecule has 0 aliphatic rings. The lowest BCUT2D eigenvalue weighted by molar-refractivity contribution is -0.107. The van der Waals surface area contributed by atoms with Gasteiger partial charge < -0.3 is 15.0 Å². The van der Waals surface area contributed by atoms with Crippen molar-refractivity contribution in [3.8, 4) is 0 Å². The largest absolute Gasteiger partial charge is 0.394 e. The first-order valence-electron chi connectivity index (χ1n) is 2.91.